The zero-order chi connectivity index (χ0) is 30.9. The van der Waals surface area contributed by atoms with E-state index in [9.17, 15) is 29.4 Å². The minimum atomic E-state index is -1.00. The Hall–Kier alpha value is -4.73. The molecular formula is C32H36N4O6. The van der Waals surface area contributed by atoms with E-state index in [2.05, 4.69) is 26.9 Å². The first-order valence-corrected chi connectivity index (χ1v) is 13.8. The molecule has 2 aromatic heterocycles. The van der Waals surface area contributed by atoms with Gasteiger partial charge in [-0.15, -0.1) is 0 Å². The van der Waals surface area contributed by atoms with Gasteiger partial charge in [0.2, 0.25) is 5.91 Å². The summed E-state index contributed by atoms with van der Waals surface area (Å²) >= 11 is 0. The number of carbonyl (C=O) groups is 4. The Morgan fingerprint density at radius 2 is 1.71 bits per heavy atom. The monoisotopic (exact) mass is 572 g/mol. The van der Waals surface area contributed by atoms with E-state index in [0.717, 1.165) is 22.4 Å². The Labute approximate surface area is 243 Å². The van der Waals surface area contributed by atoms with Crippen molar-refractivity contribution in [2.75, 3.05) is 0 Å². The predicted octanol–water partition coefficient (Wildman–Crippen LogP) is 2.32. The number of carboxylic acid groups (broad SMARTS) is 2. The topological polar surface area (TPSA) is 165 Å². The van der Waals surface area contributed by atoms with Crippen LogP contribution in [0.4, 0.5) is 0 Å². The summed E-state index contributed by atoms with van der Waals surface area (Å²) in [6.45, 7) is 13.0. The molecule has 42 heavy (non-hydrogen) atoms. The molecule has 10 nitrogen and oxygen atoms in total. The SMILES string of the molecule is C=CC1=C(C)C(C=c2[nH]c(=Cc3[nH]c(CC4NC(=O)C(C)/C4=C\C)c(C)c3CCC(=O)O)c(CC(=O)O)c2C)=NC1=O. The molecule has 2 aliphatic rings. The van der Waals surface area contributed by atoms with E-state index < -0.39 is 11.9 Å². The normalized spacial score (nSPS) is 20.6. The van der Waals surface area contributed by atoms with Gasteiger partial charge in [-0.2, -0.15) is 0 Å². The second-order valence-electron chi connectivity index (χ2n) is 10.8. The fourth-order valence-corrected chi connectivity index (χ4v) is 5.79. The van der Waals surface area contributed by atoms with Crippen molar-refractivity contribution in [2.45, 2.75) is 66.3 Å². The summed E-state index contributed by atoms with van der Waals surface area (Å²) in [7, 11) is 0. The van der Waals surface area contributed by atoms with Crippen LogP contribution in [0, 0.1) is 19.8 Å². The Morgan fingerprint density at radius 3 is 2.31 bits per heavy atom. The number of hydrogen-bond donors (Lipinski definition) is 5. The Kier molecular flexibility index (Phi) is 8.65. The van der Waals surface area contributed by atoms with Gasteiger partial charge in [0.1, 0.15) is 0 Å². The number of carboxylic acids is 2. The van der Waals surface area contributed by atoms with E-state index in [1.54, 1.807) is 13.0 Å². The fourth-order valence-electron chi connectivity index (χ4n) is 5.79. The first-order valence-electron chi connectivity index (χ1n) is 13.8. The summed E-state index contributed by atoms with van der Waals surface area (Å²) in [5, 5.41) is 23.3. The van der Waals surface area contributed by atoms with Gasteiger partial charge in [-0.25, -0.2) is 4.99 Å². The van der Waals surface area contributed by atoms with E-state index in [4.69, 9.17) is 0 Å². The molecule has 4 heterocycles. The smallest absolute Gasteiger partial charge is 0.307 e. The van der Waals surface area contributed by atoms with Gasteiger partial charge in [0.25, 0.3) is 5.91 Å². The van der Waals surface area contributed by atoms with E-state index in [1.165, 1.54) is 6.08 Å². The molecule has 2 amide bonds. The summed E-state index contributed by atoms with van der Waals surface area (Å²) in [5.74, 6) is -2.55. The van der Waals surface area contributed by atoms with Gasteiger partial charge in [-0.1, -0.05) is 18.7 Å². The molecule has 1 fully saturated rings. The molecule has 2 aliphatic heterocycles. The number of H-pyrrole nitrogens is 2. The number of aromatic nitrogens is 2. The van der Waals surface area contributed by atoms with Crippen molar-refractivity contribution in [3.8, 4) is 0 Å². The molecular weight excluding hydrogens is 536 g/mol. The molecule has 5 N–H and O–H groups in total. The number of amides is 2. The predicted molar refractivity (Wildman–Crippen MR) is 160 cm³/mol. The minimum absolute atomic E-state index is 0.0296. The highest BCUT2D eigenvalue weighted by molar-refractivity contribution is 6.31. The maximum atomic E-state index is 12.4. The van der Waals surface area contributed by atoms with Crippen LogP contribution in [0.2, 0.25) is 0 Å². The van der Waals surface area contributed by atoms with Crippen LogP contribution in [0.25, 0.3) is 12.2 Å². The lowest BCUT2D eigenvalue weighted by molar-refractivity contribution is -0.137. The van der Waals surface area contributed by atoms with Crippen LogP contribution in [-0.2, 0) is 38.4 Å². The first kappa shape index (κ1) is 30.2. The van der Waals surface area contributed by atoms with Gasteiger partial charge in [0, 0.05) is 40.5 Å². The van der Waals surface area contributed by atoms with Crippen LogP contribution >= 0.6 is 0 Å². The van der Waals surface area contributed by atoms with Crippen LogP contribution in [0.5, 0.6) is 0 Å². The number of aliphatic imine (C=N–C) groups is 1. The van der Waals surface area contributed by atoms with E-state index >= 15 is 0 Å². The molecule has 4 rings (SSSR count). The average Bonchev–Trinajstić information content (AvgIpc) is 3.56. The highest BCUT2D eigenvalue weighted by Gasteiger charge is 2.34. The highest BCUT2D eigenvalue weighted by Crippen LogP contribution is 2.28. The number of allylic oxidation sites excluding steroid dienone is 2. The maximum absolute atomic E-state index is 12.4. The maximum Gasteiger partial charge on any atom is 0.307 e. The summed E-state index contributed by atoms with van der Waals surface area (Å²) in [5.41, 5.74) is 7.10. The molecule has 2 aromatic rings. The summed E-state index contributed by atoms with van der Waals surface area (Å²) in [6.07, 6.45) is 7.42. The standard InChI is InChI=1S/C32H36N4O6/c1-7-19-18(6)31(41)36-26(19)13-24-16(4)21(9-10-29(37)38)27(33-24)14-28-22(11-30(39)40)17(5)23(34-28)12-25-15(3)20(8-2)32(42)35-25/h7-8,12,14,18,26,33-34H,2,9-11,13H2,1,3-6H3,(H,36,41)(H,37,38)(H,39,40)/b19-7+,23-12?,28-14?. The molecule has 0 radical (unpaired) electrons. The van der Waals surface area contributed by atoms with Gasteiger partial charge in [0.15, 0.2) is 0 Å². The van der Waals surface area contributed by atoms with Crippen LogP contribution in [0.3, 0.4) is 0 Å². The third-order valence-corrected chi connectivity index (χ3v) is 8.25. The Bertz CT molecular complexity index is 1730. The number of rotatable bonds is 10. The lowest BCUT2D eigenvalue weighted by Crippen LogP contribution is -2.28. The molecule has 10 heteroatoms. The van der Waals surface area contributed by atoms with Crippen LogP contribution in [-0.4, -0.2) is 55.7 Å². The van der Waals surface area contributed by atoms with Crippen LogP contribution < -0.4 is 16.0 Å². The molecule has 220 valence electrons. The summed E-state index contributed by atoms with van der Waals surface area (Å²) in [6, 6.07) is -0.182. The Balaban J connectivity index is 1.86. The van der Waals surface area contributed by atoms with Crippen molar-refractivity contribution < 1.29 is 29.4 Å². The van der Waals surface area contributed by atoms with Crippen molar-refractivity contribution in [1.29, 1.82) is 0 Å². The average molecular weight is 573 g/mol. The Morgan fingerprint density at radius 1 is 1.00 bits per heavy atom. The number of aromatic amines is 2. The van der Waals surface area contributed by atoms with Gasteiger partial charge < -0.3 is 25.5 Å². The largest absolute Gasteiger partial charge is 0.481 e. The van der Waals surface area contributed by atoms with Gasteiger partial charge >= 0.3 is 11.9 Å². The quantitative estimate of drug-likeness (QED) is 0.274. The third-order valence-electron chi connectivity index (χ3n) is 8.25. The molecule has 2 atom stereocenters. The van der Waals surface area contributed by atoms with Crippen molar-refractivity contribution in [1.82, 2.24) is 15.3 Å². The zero-order valence-electron chi connectivity index (χ0n) is 24.5. The molecule has 0 bridgehead atoms. The molecule has 1 saturated heterocycles. The van der Waals surface area contributed by atoms with Gasteiger partial charge in [-0.05, 0) is 86.6 Å². The lowest BCUT2D eigenvalue weighted by Gasteiger charge is -2.13. The van der Waals surface area contributed by atoms with Crippen LogP contribution in [0.1, 0.15) is 60.8 Å². The second kappa shape index (κ2) is 12.0. The van der Waals surface area contributed by atoms with Crippen molar-refractivity contribution in [2.24, 2.45) is 10.9 Å². The number of aliphatic carboxylic acids is 2. The van der Waals surface area contributed by atoms with E-state index in [-0.39, 0.29) is 43.0 Å². The number of carbonyl (C=O) groups excluding carboxylic acids is 2. The van der Waals surface area contributed by atoms with Gasteiger partial charge in [0.05, 0.1) is 24.1 Å². The molecule has 2 unspecified atom stereocenters. The summed E-state index contributed by atoms with van der Waals surface area (Å²) in [4.78, 5) is 58.8. The second-order valence-corrected chi connectivity index (χ2v) is 10.8. The molecule has 0 spiro atoms. The third kappa shape index (κ3) is 5.83. The number of nitrogens with zero attached hydrogens (tertiary/aromatic N) is 1. The molecule has 0 aromatic carbocycles. The van der Waals surface area contributed by atoms with Crippen molar-refractivity contribution >= 4 is 41.6 Å². The van der Waals surface area contributed by atoms with Gasteiger partial charge in [-0.3, -0.25) is 19.2 Å². The lowest BCUT2D eigenvalue weighted by atomic mass is 9.94. The first-order chi connectivity index (χ1) is 19.9. The highest BCUT2D eigenvalue weighted by atomic mass is 16.4. The van der Waals surface area contributed by atoms with E-state index in [1.807, 2.05) is 39.8 Å². The summed E-state index contributed by atoms with van der Waals surface area (Å²) < 4.78 is 0. The van der Waals surface area contributed by atoms with Crippen LogP contribution in [0.15, 0.2) is 40.4 Å². The number of hydrogen-bond acceptors (Lipinski definition) is 4. The zero-order valence-corrected chi connectivity index (χ0v) is 24.5. The van der Waals surface area contributed by atoms with E-state index in [0.29, 0.717) is 50.8 Å². The van der Waals surface area contributed by atoms with Crippen molar-refractivity contribution in [3.63, 3.8) is 0 Å². The fraction of sp³-hybridized carbons (Fsp3) is 0.344. The molecule has 0 aliphatic carbocycles. The molecule has 0 saturated carbocycles. The van der Waals surface area contributed by atoms with Crippen molar-refractivity contribution in [3.05, 3.63) is 79.8 Å². The number of nitrogens with one attached hydrogen (secondary N) is 3. The minimum Gasteiger partial charge on any atom is -0.481 e.